The Bertz CT molecular complexity index is 2110. The summed E-state index contributed by atoms with van der Waals surface area (Å²) in [6.45, 7) is 11.2. The van der Waals surface area contributed by atoms with E-state index in [0.29, 0.717) is 5.92 Å². The van der Waals surface area contributed by atoms with E-state index in [1.807, 2.05) is 0 Å². The van der Waals surface area contributed by atoms with Crippen LogP contribution in [0.15, 0.2) is 97.2 Å². The number of aromatic nitrogens is 1. The van der Waals surface area contributed by atoms with Crippen LogP contribution in [0, 0.1) is 34.6 Å². The Hall–Kier alpha value is -4.49. The maximum absolute atomic E-state index is 2.50. The van der Waals surface area contributed by atoms with Crippen molar-refractivity contribution in [1.82, 2.24) is 0 Å². The van der Waals surface area contributed by atoms with Gasteiger partial charge in [0.05, 0.1) is 10.9 Å². The molecular formula is C41H36N+. The van der Waals surface area contributed by atoms with Crippen LogP contribution in [0.25, 0.3) is 33.2 Å². The van der Waals surface area contributed by atoms with E-state index in [0.717, 1.165) is 0 Å². The molecule has 0 amide bonds. The molecule has 0 fully saturated rings. The van der Waals surface area contributed by atoms with Gasteiger partial charge in [-0.3, -0.25) is 0 Å². The highest BCUT2D eigenvalue weighted by molar-refractivity contribution is 5.96. The predicted octanol–water partition coefficient (Wildman–Crippen LogP) is 9.53. The maximum atomic E-state index is 2.50. The van der Waals surface area contributed by atoms with E-state index < -0.39 is 0 Å². The molecular weight excluding hydrogens is 506 g/mol. The first-order chi connectivity index (χ1) is 20.3. The minimum atomic E-state index is 0.286. The Morgan fingerprint density at radius 3 is 2.12 bits per heavy atom. The zero-order valence-corrected chi connectivity index (χ0v) is 25.3. The number of benzene rings is 5. The third-order valence-electron chi connectivity index (χ3n) is 10.0. The molecule has 5 aromatic carbocycles. The van der Waals surface area contributed by atoms with Crippen molar-refractivity contribution in [3.63, 3.8) is 0 Å². The molecule has 2 atom stereocenters. The van der Waals surface area contributed by atoms with Crippen molar-refractivity contribution in [2.45, 2.75) is 46.5 Å². The number of rotatable bonds is 2. The molecule has 0 radical (unpaired) electrons. The zero-order valence-electron chi connectivity index (χ0n) is 25.3. The smallest absolute Gasteiger partial charge is 0.200 e. The van der Waals surface area contributed by atoms with Gasteiger partial charge in [0, 0.05) is 17.9 Å². The lowest BCUT2D eigenvalue weighted by Crippen LogP contribution is -2.30. The van der Waals surface area contributed by atoms with E-state index in [1.165, 1.54) is 94.4 Å². The monoisotopic (exact) mass is 542 g/mol. The fourth-order valence-corrected chi connectivity index (χ4v) is 8.02. The first kappa shape index (κ1) is 25.2. The fraction of sp³-hybridized carbons (Fsp3) is 0.195. The zero-order chi connectivity index (χ0) is 28.9. The topological polar surface area (TPSA) is 3.88 Å². The molecule has 0 spiro atoms. The minimum Gasteiger partial charge on any atom is -0.200 e. The quantitative estimate of drug-likeness (QED) is 0.192. The van der Waals surface area contributed by atoms with E-state index in [2.05, 4.69) is 143 Å². The number of hydrogen-bond donors (Lipinski definition) is 0. The summed E-state index contributed by atoms with van der Waals surface area (Å²) in [4.78, 5) is 0. The third kappa shape index (κ3) is 3.53. The summed E-state index contributed by atoms with van der Waals surface area (Å²) in [5.74, 6) is 0.597. The molecule has 3 aliphatic carbocycles. The summed E-state index contributed by atoms with van der Waals surface area (Å²) in [5.41, 5.74) is 20.9. The third-order valence-corrected chi connectivity index (χ3v) is 10.0. The molecule has 0 saturated carbocycles. The van der Waals surface area contributed by atoms with Crippen LogP contribution in [0.1, 0.15) is 73.0 Å². The first-order valence-corrected chi connectivity index (χ1v) is 15.1. The van der Waals surface area contributed by atoms with Gasteiger partial charge in [-0.2, -0.15) is 0 Å². The van der Waals surface area contributed by atoms with Gasteiger partial charge in [0.2, 0.25) is 5.69 Å². The van der Waals surface area contributed by atoms with Crippen molar-refractivity contribution in [3.05, 3.63) is 158 Å². The second kappa shape index (κ2) is 9.00. The van der Waals surface area contributed by atoms with E-state index in [9.17, 15) is 0 Å². The van der Waals surface area contributed by atoms with E-state index in [-0.39, 0.29) is 5.92 Å². The van der Waals surface area contributed by atoms with E-state index in [4.69, 9.17) is 0 Å². The van der Waals surface area contributed by atoms with Crippen molar-refractivity contribution in [3.8, 4) is 22.4 Å². The molecule has 2 unspecified atom stereocenters. The Morgan fingerprint density at radius 1 is 0.548 bits per heavy atom. The summed E-state index contributed by atoms with van der Waals surface area (Å²) >= 11 is 0. The fourth-order valence-electron chi connectivity index (χ4n) is 8.02. The SMILES string of the molecule is Cc1cc(C)c(C)c(-c2c3ccc(-c4cc(C)c5c(c4)C4c6ccccc6C5c5cc(C)ccc54)cc3cc[n+]2C)c1. The Morgan fingerprint density at radius 2 is 1.31 bits per heavy atom. The van der Waals surface area contributed by atoms with Crippen LogP contribution in [0.3, 0.4) is 0 Å². The highest BCUT2D eigenvalue weighted by Crippen LogP contribution is 2.57. The van der Waals surface area contributed by atoms with Crippen LogP contribution < -0.4 is 4.57 Å². The van der Waals surface area contributed by atoms with Gasteiger partial charge < -0.3 is 0 Å². The van der Waals surface area contributed by atoms with Crippen molar-refractivity contribution in [1.29, 1.82) is 0 Å². The number of nitrogens with zero attached hydrogens (tertiary/aromatic N) is 1. The minimum absolute atomic E-state index is 0.286. The molecule has 9 rings (SSSR count). The predicted molar refractivity (Wildman–Crippen MR) is 174 cm³/mol. The second-order valence-electron chi connectivity index (χ2n) is 12.8. The van der Waals surface area contributed by atoms with E-state index in [1.54, 1.807) is 0 Å². The van der Waals surface area contributed by atoms with Gasteiger partial charge in [-0.1, -0.05) is 71.8 Å². The number of pyridine rings is 1. The normalized spacial score (nSPS) is 16.3. The molecule has 1 heteroatoms. The van der Waals surface area contributed by atoms with Gasteiger partial charge in [-0.15, -0.1) is 0 Å². The molecule has 1 heterocycles. The molecule has 2 bridgehead atoms. The number of aryl methyl sites for hydroxylation is 5. The number of hydrogen-bond acceptors (Lipinski definition) is 0. The van der Waals surface area contributed by atoms with Gasteiger partial charge >= 0.3 is 0 Å². The molecule has 204 valence electrons. The van der Waals surface area contributed by atoms with Gasteiger partial charge in [-0.05, 0) is 125 Å². The van der Waals surface area contributed by atoms with Gasteiger partial charge in [0.15, 0.2) is 6.20 Å². The van der Waals surface area contributed by atoms with Gasteiger partial charge in [0.25, 0.3) is 0 Å². The largest absolute Gasteiger partial charge is 0.220 e. The maximum Gasteiger partial charge on any atom is 0.220 e. The van der Waals surface area contributed by atoms with Crippen molar-refractivity contribution < 1.29 is 4.57 Å². The molecule has 0 aliphatic heterocycles. The molecule has 1 nitrogen and oxygen atoms in total. The molecule has 3 aliphatic rings. The summed E-state index contributed by atoms with van der Waals surface area (Å²) < 4.78 is 2.28. The van der Waals surface area contributed by atoms with Crippen molar-refractivity contribution in [2.24, 2.45) is 7.05 Å². The number of fused-ring (bicyclic) bond motifs is 1. The van der Waals surface area contributed by atoms with Gasteiger partial charge in [-0.25, -0.2) is 4.57 Å². The van der Waals surface area contributed by atoms with Gasteiger partial charge in [0.1, 0.15) is 7.05 Å². The molecule has 0 saturated heterocycles. The average Bonchev–Trinajstić information content (AvgIpc) is 2.98. The van der Waals surface area contributed by atoms with Crippen molar-refractivity contribution in [2.75, 3.05) is 0 Å². The Kier molecular flexibility index (Phi) is 5.41. The van der Waals surface area contributed by atoms with Crippen LogP contribution in [-0.4, -0.2) is 0 Å². The Labute approximate surface area is 249 Å². The lowest BCUT2D eigenvalue weighted by atomic mass is 9.60. The second-order valence-corrected chi connectivity index (χ2v) is 12.8. The lowest BCUT2D eigenvalue weighted by molar-refractivity contribution is -0.659. The Balaban J connectivity index is 1.31. The highest BCUT2D eigenvalue weighted by atomic mass is 14.9. The summed E-state index contributed by atoms with van der Waals surface area (Å²) in [6.07, 6.45) is 2.21. The standard InChI is InChI=1S/C41H36N/c1-23-11-13-34-36(18-23)40-33-10-8-7-9-32(33)39(34)37-22-30(20-26(4)38(37)40)28-12-14-31-29(21-28)15-16-42(6)41(31)35-19-24(2)17-25(3)27(35)5/h7-22,39-40H,1-6H3/q+1. The van der Waals surface area contributed by atoms with Crippen LogP contribution in [0.5, 0.6) is 0 Å². The molecule has 0 N–H and O–H groups in total. The molecule has 6 aromatic rings. The van der Waals surface area contributed by atoms with Crippen LogP contribution in [-0.2, 0) is 7.05 Å². The summed E-state index contributed by atoms with van der Waals surface area (Å²) in [6, 6.07) is 35.1. The van der Waals surface area contributed by atoms with Crippen LogP contribution in [0.4, 0.5) is 0 Å². The van der Waals surface area contributed by atoms with Crippen molar-refractivity contribution >= 4 is 10.8 Å². The van der Waals surface area contributed by atoms with Crippen LogP contribution >= 0.6 is 0 Å². The molecule has 42 heavy (non-hydrogen) atoms. The lowest BCUT2D eigenvalue weighted by Gasteiger charge is -2.43. The first-order valence-electron chi connectivity index (χ1n) is 15.1. The summed E-state index contributed by atoms with van der Waals surface area (Å²) in [7, 11) is 2.17. The van der Waals surface area contributed by atoms with E-state index >= 15 is 0 Å². The summed E-state index contributed by atoms with van der Waals surface area (Å²) in [5, 5.41) is 2.58. The molecule has 1 aromatic heterocycles. The average molecular weight is 543 g/mol. The van der Waals surface area contributed by atoms with Crippen LogP contribution in [0.2, 0.25) is 0 Å². The highest BCUT2D eigenvalue weighted by Gasteiger charge is 2.42.